The molecule has 0 amide bonds. The summed E-state index contributed by atoms with van der Waals surface area (Å²) in [5.74, 6) is -0.850. The Kier molecular flexibility index (Phi) is 11.2. The maximum absolute atomic E-state index is 16.5. The zero-order valence-electron chi connectivity index (χ0n) is 29.1. The molecule has 0 unspecified atom stereocenters. The normalized spacial score (nSPS) is 22.1. The zero-order chi connectivity index (χ0) is 34.6. The van der Waals surface area contributed by atoms with E-state index in [9.17, 15) is 5.11 Å². The molecule has 4 aromatic rings. The van der Waals surface area contributed by atoms with Crippen molar-refractivity contribution < 1.29 is 23.7 Å². The number of hydrogen-bond donors (Lipinski definition) is 2. The minimum Gasteiger partial charge on any atom is -0.461 e. The lowest BCUT2D eigenvalue weighted by Crippen LogP contribution is -2.47. The summed E-state index contributed by atoms with van der Waals surface area (Å²) in [5.41, 5.74) is 1.45. The lowest BCUT2D eigenvalue weighted by Gasteiger charge is -2.41. The number of halogens is 2. The number of hydrogen-bond acceptors (Lipinski definition) is 10. The van der Waals surface area contributed by atoms with Crippen LogP contribution in [0.25, 0.3) is 33.1 Å². The molecule has 0 radical (unpaired) electrons. The van der Waals surface area contributed by atoms with Crippen LogP contribution in [0.3, 0.4) is 0 Å². The van der Waals surface area contributed by atoms with E-state index in [1.54, 1.807) is 24.5 Å². The molecule has 2 aliphatic heterocycles. The molecule has 2 N–H and O–H groups in total. The number of likely N-dealkylation sites (N-methyl/N-ethyl adjacent to an activating group) is 1. The first kappa shape index (κ1) is 35.7. The Morgan fingerprint density at radius 2 is 1.80 bits per heavy atom. The van der Waals surface area contributed by atoms with Crippen LogP contribution < -0.4 is 9.64 Å². The van der Waals surface area contributed by atoms with Crippen molar-refractivity contribution in [3.8, 4) is 17.3 Å². The van der Waals surface area contributed by atoms with Crippen LogP contribution in [0.15, 0.2) is 24.5 Å². The van der Waals surface area contributed by atoms with Gasteiger partial charge in [0.1, 0.15) is 23.6 Å². The Balaban J connectivity index is 0.000000778. The van der Waals surface area contributed by atoms with Gasteiger partial charge in [0, 0.05) is 62.3 Å². The summed E-state index contributed by atoms with van der Waals surface area (Å²) in [6.45, 7) is 8.06. The molecule has 8 rings (SSSR count). The Hall–Kier alpha value is -3.16. The zero-order valence-corrected chi connectivity index (χ0v) is 29.9. The first-order valence-corrected chi connectivity index (χ1v) is 18.1. The number of nitrogens with zero attached hydrogens (tertiary/aromatic N) is 6. The van der Waals surface area contributed by atoms with Gasteiger partial charge in [-0.2, -0.15) is 15.1 Å². The van der Waals surface area contributed by atoms with Gasteiger partial charge in [-0.25, -0.2) is 4.39 Å². The maximum atomic E-state index is 16.5. The number of fused-ring (bicyclic) bond motifs is 3. The van der Waals surface area contributed by atoms with Crippen LogP contribution in [0.1, 0.15) is 71.6 Å². The number of aromatic amines is 1. The molecule has 4 fully saturated rings. The molecule has 49 heavy (non-hydrogen) atoms. The molecule has 2 aliphatic carbocycles. The monoisotopic (exact) mass is 697 g/mol. The molecule has 0 atom stereocenters. The highest BCUT2D eigenvalue weighted by Crippen LogP contribution is 2.40. The van der Waals surface area contributed by atoms with Gasteiger partial charge in [0.25, 0.3) is 0 Å². The SMILES string of the molecule is C1CC1.CC.COC1(O)CC(COCCN(C)c2nc(OCC34CCCN3CCC4)nc3c(F)c(-c4cc(Cl)cc5[nH]ncc45)ncc23)C1. The van der Waals surface area contributed by atoms with E-state index in [0.29, 0.717) is 71.9 Å². The lowest BCUT2D eigenvalue weighted by atomic mass is 9.79. The Labute approximate surface area is 292 Å². The Morgan fingerprint density at radius 3 is 2.49 bits per heavy atom. The number of anilines is 1. The topological polar surface area (TPSA) is 122 Å². The third-order valence-corrected chi connectivity index (χ3v) is 10.2. The number of benzene rings is 1. The van der Waals surface area contributed by atoms with E-state index in [4.69, 9.17) is 30.8 Å². The number of methoxy groups -OCH3 is 1. The molecule has 13 heteroatoms. The predicted molar refractivity (Wildman–Crippen MR) is 190 cm³/mol. The van der Waals surface area contributed by atoms with E-state index in [-0.39, 0.29) is 28.7 Å². The molecular formula is C36H49ClFN7O4. The number of aromatic nitrogens is 5. The van der Waals surface area contributed by atoms with Crippen LogP contribution in [0.2, 0.25) is 5.02 Å². The van der Waals surface area contributed by atoms with Crippen molar-refractivity contribution >= 4 is 39.2 Å². The fraction of sp³-hybridized carbons (Fsp3) is 0.611. The molecule has 11 nitrogen and oxygen atoms in total. The van der Waals surface area contributed by atoms with Crippen molar-refractivity contribution in [1.82, 2.24) is 30.0 Å². The highest BCUT2D eigenvalue weighted by molar-refractivity contribution is 6.31. The first-order valence-electron chi connectivity index (χ1n) is 17.7. The molecule has 5 heterocycles. The van der Waals surface area contributed by atoms with Crippen molar-refractivity contribution in [2.45, 2.75) is 83.0 Å². The number of ether oxygens (including phenoxy) is 3. The number of H-pyrrole nitrogens is 1. The molecule has 0 spiro atoms. The fourth-order valence-corrected chi connectivity index (χ4v) is 7.34. The van der Waals surface area contributed by atoms with Gasteiger partial charge in [-0.15, -0.1) is 0 Å². The Morgan fingerprint density at radius 1 is 1.06 bits per heavy atom. The third-order valence-electron chi connectivity index (χ3n) is 9.94. The Bertz CT molecular complexity index is 1720. The smallest absolute Gasteiger partial charge is 0.319 e. The van der Waals surface area contributed by atoms with Crippen molar-refractivity contribution in [3.05, 3.63) is 35.4 Å². The molecule has 3 aromatic heterocycles. The van der Waals surface area contributed by atoms with Gasteiger partial charge >= 0.3 is 6.01 Å². The van der Waals surface area contributed by atoms with Crippen LogP contribution >= 0.6 is 11.6 Å². The van der Waals surface area contributed by atoms with E-state index in [0.717, 1.165) is 38.8 Å². The van der Waals surface area contributed by atoms with E-state index >= 15 is 4.39 Å². The van der Waals surface area contributed by atoms with E-state index in [2.05, 4.69) is 25.1 Å². The highest BCUT2D eigenvalue weighted by atomic mass is 35.5. The largest absolute Gasteiger partial charge is 0.461 e. The van der Waals surface area contributed by atoms with Gasteiger partial charge in [-0.1, -0.05) is 44.7 Å². The van der Waals surface area contributed by atoms with E-state index in [1.165, 1.54) is 26.4 Å². The van der Waals surface area contributed by atoms with Gasteiger partial charge in [-0.3, -0.25) is 15.0 Å². The van der Waals surface area contributed by atoms with Crippen LogP contribution in [-0.2, 0) is 9.47 Å². The predicted octanol–water partition coefficient (Wildman–Crippen LogP) is 6.76. The van der Waals surface area contributed by atoms with Crippen LogP contribution in [0.5, 0.6) is 6.01 Å². The van der Waals surface area contributed by atoms with Crippen LogP contribution in [0.4, 0.5) is 10.2 Å². The minimum absolute atomic E-state index is 0.00958. The summed E-state index contributed by atoms with van der Waals surface area (Å²) < 4.78 is 33.8. The molecule has 266 valence electrons. The van der Waals surface area contributed by atoms with Gasteiger partial charge in [0.2, 0.25) is 0 Å². The summed E-state index contributed by atoms with van der Waals surface area (Å²) in [6.07, 6.45) is 13.3. The summed E-state index contributed by atoms with van der Waals surface area (Å²) in [5, 5.41) is 18.7. The van der Waals surface area contributed by atoms with E-state index in [1.807, 2.05) is 25.8 Å². The number of rotatable bonds is 11. The number of pyridine rings is 1. The quantitative estimate of drug-likeness (QED) is 0.128. The standard InChI is InChI=1S/C31H37ClFN7O4.C3H6.C2H6/c1-39(9-10-43-17-19-13-31(41,14-19)42-2)28-23-15-34-26(21-11-20(32)12-24-22(21)16-35-38-24)25(33)27(23)36-29(37-28)44-18-30-5-3-7-40(30)8-4-6-30;1-2-3-1;1-2/h11-12,15-16,19,41H,3-10,13-14,17-18H2,1-2H3,(H,35,38);1-3H2;1-2H3. The summed E-state index contributed by atoms with van der Waals surface area (Å²) in [7, 11) is 3.40. The minimum atomic E-state index is -1.03. The molecule has 0 bridgehead atoms. The van der Waals surface area contributed by atoms with Crippen LogP contribution in [-0.4, -0.2) is 100 Å². The van der Waals surface area contributed by atoms with Crippen LogP contribution in [0, 0.1) is 11.7 Å². The molecular weight excluding hydrogens is 649 g/mol. The van der Waals surface area contributed by atoms with Crippen molar-refractivity contribution in [2.24, 2.45) is 5.92 Å². The summed E-state index contributed by atoms with van der Waals surface area (Å²) >= 11 is 6.37. The average molecular weight is 698 g/mol. The van der Waals surface area contributed by atoms with Gasteiger partial charge in [0.05, 0.1) is 29.2 Å². The molecule has 2 saturated heterocycles. The average Bonchev–Trinajstić information content (AvgIpc) is 3.67. The van der Waals surface area contributed by atoms with Crippen molar-refractivity contribution in [3.63, 3.8) is 0 Å². The summed E-state index contributed by atoms with van der Waals surface area (Å²) in [6, 6.07) is 3.56. The van der Waals surface area contributed by atoms with E-state index < -0.39 is 11.6 Å². The fourth-order valence-electron chi connectivity index (χ4n) is 7.12. The van der Waals surface area contributed by atoms with Crippen molar-refractivity contribution in [2.75, 3.05) is 58.5 Å². The second-order valence-electron chi connectivity index (χ2n) is 13.5. The van der Waals surface area contributed by atoms with Gasteiger partial charge < -0.3 is 24.2 Å². The molecule has 4 aliphatic rings. The molecule has 2 saturated carbocycles. The summed E-state index contributed by atoms with van der Waals surface area (Å²) in [4.78, 5) is 18.3. The highest BCUT2D eigenvalue weighted by Gasteiger charge is 2.45. The number of aliphatic hydroxyl groups is 1. The van der Waals surface area contributed by atoms with Gasteiger partial charge in [-0.05, 0) is 56.8 Å². The first-order chi connectivity index (χ1) is 23.8. The van der Waals surface area contributed by atoms with Gasteiger partial charge in [0.15, 0.2) is 11.6 Å². The lowest BCUT2D eigenvalue weighted by molar-refractivity contribution is -0.259. The third kappa shape index (κ3) is 7.78. The second kappa shape index (κ2) is 15.4. The molecule has 1 aromatic carbocycles. The maximum Gasteiger partial charge on any atom is 0.319 e. The second-order valence-corrected chi connectivity index (χ2v) is 13.9. The van der Waals surface area contributed by atoms with Crippen molar-refractivity contribution in [1.29, 1.82) is 0 Å². The number of nitrogens with one attached hydrogen (secondary N) is 1.